The molecule has 2 saturated heterocycles. The number of ether oxygens (including phenoxy) is 2. The summed E-state index contributed by atoms with van der Waals surface area (Å²) >= 11 is 6.88. The molecule has 2 atom stereocenters. The van der Waals surface area contributed by atoms with Gasteiger partial charge in [-0.15, -0.1) is 0 Å². The number of carbonyl (C=O) groups is 2. The Morgan fingerprint density at radius 1 is 1.11 bits per heavy atom. The van der Waals surface area contributed by atoms with Crippen LogP contribution < -0.4 is 4.74 Å². The van der Waals surface area contributed by atoms with Gasteiger partial charge in [-0.25, -0.2) is 0 Å². The Kier molecular flexibility index (Phi) is 9.85. The zero-order chi connectivity index (χ0) is 25.5. The van der Waals surface area contributed by atoms with Gasteiger partial charge in [0.05, 0.1) is 23.2 Å². The van der Waals surface area contributed by atoms with E-state index in [1.54, 1.807) is 4.90 Å². The first kappa shape index (κ1) is 27.1. The summed E-state index contributed by atoms with van der Waals surface area (Å²) in [5.41, 5.74) is 0.925. The SMILES string of the molecule is CC1CN(C(=O)CCCCCN2C(=O)/C(=C/c3ccccc3OC3CCCCC3)SC2=S)CC(C)O1. The Balaban J connectivity index is 1.25. The maximum Gasteiger partial charge on any atom is 0.266 e. The molecule has 3 fully saturated rings. The molecule has 3 aliphatic rings. The van der Waals surface area contributed by atoms with E-state index in [4.69, 9.17) is 21.7 Å². The predicted molar refractivity (Wildman–Crippen MR) is 149 cm³/mol. The highest BCUT2D eigenvalue weighted by molar-refractivity contribution is 8.26. The summed E-state index contributed by atoms with van der Waals surface area (Å²) in [7, 11) is 0. The molecule has 4 rings (SSSR count). The van der Waals surface area contributed by atoms with E-state index in [0.717, 1.165) is 43.4 Å². The third kappa shape index (κ3) is 7.33. The Bertz CT molecular complexity index is 966. The summed E-state index contributed by atoms with van der Waals surface area (Å²) in [5.74, 6) is 0.993. The molecule has 6 nitrogen and oxygen atoms in total. The van der Waals surface area contributed by atoms with E-state index in [0.29, 0.717) is 35.3 Å². The Hall–Kier alpha value is -1.90. The number of hydrogen-bond acceptors (Lipinski definition) is 6. The fourth-order valence-corrected chi connectivity index (χ4v) is 6.47. The van der Waals surface area contributed by atoms with Gasteiger partial charge in [0, 0.05) is 31.6 Å². The van der Waals surface area contributed by atoms with Crippen LogP contribution in [0.4, 0.5) is 0 Å². The van der Waals surface area contributed by atoms with Crippen molar-refractivity contribution in [2.24, 2.45) is 0 Å². The normalized spacial score (nSPS) is 24.6. The molecule has 1 aliphatic carbocycles. The van der Waals surface area contributed by atoms with Gasteiger partial charge >= 0.3 is 0 Å². The second-order valence-corrected chi connectivity index (χ2v) is 11.8. The monoisotopic (exact) mass is 530 g/mol. The molecular weight excluding hydrogens is 492 g/mol. The van der Waals surface area contributed by atoms with Crippen LogP contribution in [0.25, 0.3) is 6.08 Å². The van der Waals surface area contributed by atoms with E-state index in [1.165, 1.54) is 31.0 Å². The number of nitrogens with zero attached hydrogens (tertiary/aromatic N) is 2. The summed E-state index contributed by atoms with van der Waals surface area (Å²) < 4.78 is 12.6. The lowest BCUT2D eigenvalue weighted by atomic mass is 9.97. The number of carbonyl (C=O) groups excluding carboxylic acids is 2. The van der Waals surface area contributed by atoms with Gasteiger partial charge in [-0.1, -0.05) is 55.0 Å². The van der Waals surface area contributed by atoms with Crippen molar-refractivity contribution in [3.05, 3.63) is 34.7 Å². The molecule has 0 N–H and O–H groups in total. The van der Waals surface area contributed by atoms with Crippen LogP contribution in [0.1, 0.15) is 77.2 Å². The van der Waals surface area contributed by atoms with Gasteiger partial charge < -0.3 is 14.4 Å². The van der Waals surface area contributed by atoms with Crippen molar-refractivity contribution in [3.8, 4) is 5.75 Å². The van der Waals surface area contributed by atoms with Crippen LogP contribution in [-0.2, 0) is 14.3 Å². The van der Waals surface area contributed by atoms with E-state index < -0.39 is 0 Å². The van der Waals surface area contributed by atoms with E-state index >= 15 is 0 Å². The highest BCUT2D eigenvalue weighted by Crippen LogP contribution is 2.35. The zero-order valence-corrected chi connectivity index (χ0v) is 23.1. The Labute approximate surface area is 224 Å². The van der Waals surface area contributed by atoms with E-state index in [-0.39, 0.29) is 30.1 Å². The molecule has 1 aromatic rings. The van der Waals surface area contributed by atoms with Gasteiger partial charge in [0.1, 0.15) is 10.1 Å². The van der Waals surface area contributed by atoms with Crippen LogP contribution in [0.2, 0.25) is 0 Å². The zero-order valence-electron chi connectivity index (χ0n) is 21.4. The fourth-order valence-electron chi connectivity index (χ4n) is 5.17. The van der Waals surface area contributed by atoms with Crippen LogP contribution in [-0.4, -0.2) is 63.9 Å². The van der Waals surface area contributed by atoms with Crippen LogP contribution in [0.15, 0.2) is 29.2 Å². The molecule has 2 aliphatic heterocycles. The first-order chi connectivity index (χ1) is 17.4. The first-order valence-corrected chi connectivity index (χ1v) is 14.6. The molecule has 36 heavy (non-hydrogen) atoms. The quantitative estimate of drug-likeness (QED) is 0.229. The van der Waals surface area contributed by atoms with Crippen molar-refractivity contribution in [1.29, 1.82) is 0 Å². The molecule has 196 valence electrons. The lowest BCUT2D eigenvalue weighted by Crippen LogP contribution is -2.48. The number of thioether (sulfide) groups is 1. The number of amides is 2. The third-order valence-electron chi connectivity index (χ3n) is 6.97. The minimum atomic E-state index is -0.0372. The average Bonchev–Trinajstić information content (AvgIpc) is 3.12. The summed E-state index contributed by atoms with van der Waals surface area (Å²) in [6, 6.07) is 7.93. The largest absolute Gasteiger partial charge is 0.490 e. The lowest BCUT2D eigenvalue weighted by Gasteiger charge is -2.35. The Morgan fingerprint density at radius 2 is 1.83 bits per heavy atom. The minimum Gasteiger partial charge on any atom is -0.490 e. The van der Waals surface area contributed by atoms with Crippen LogP contribution in [0.3, 0.4) is 0 Å². The maximum absolute atomic E-state index is 13.1. The van der Waals surface area contributed by atoms with Crippen molar-refractivity contribution in [2.45, 2.75) is 89.9 Å². The smallest absolute Gasteiger partial charge is 0.266 e. The lowest BCUT2D eigenvalue weighted by molar-refractivity contribution is -0.143. The maximum atomic E-state index is 13.1. The molecule has 0 radical (unpaired) electrons. The summed E-state index contributed by atoms with van der Waals surface area (Å²) in [5, 5.41) is 0. The van der Waals surface area contributed by atoms with Crippen molar-refractivity contribution >= 4 is 46.2 Å². The van der Waals surface area contributed by atoms with Gasteiger partial charge in [0.25, 0.3) is 5.91 Å². The second-order valence-electron chi connectivity index (χ2n) is 10.1. The fraction of sp³-hybridized carbons (Fsp3) is 0.607. The molecule has 2 unspecified atom stereocenters. The standard InChI is InChI=1S/C28H38N2O4S2/c1-20-18-29(19-21(2)33-20)26(31)15-7-4-10-16-30-27(32)25(36-28(30)35)17-22-11-8-9-14-24(22)34-23-12-5-3-6-13-23/h8-9,11,14,17,20-21,23H,3-7,10,12-13,15-16,18-19H2,1-2H3/b25-17-. The second kappa shape index (κ2) is 13.1. The van der Waals surface area contributed by atoms with Crippen LogP contribution >= 0.6 is 24.0 Å². The number of unbranched alkanes of at least 4 members (excludes halogenated alkanes) is 2. The van der Waals surface area contributed by atoms with Crippen molar-refractivity contribution in [3.63, 3.8) is 0 Å². The molecule has 2 heterocycles. The van der Waals surface area contributed by atoms with E-state index in [1.807, 2.05) is 49.1 Å². The molecule has 1 saturated carbocycles. The molecule has 0 spiro atoms. The van der Waals surface area contributed by atoms with Gasteiger partial charge in [0.15, 0.2) is 0 Å². The van der Waals surface area contributed by atoms with Crippen molar-refractivity contribution < 1.29 is 19.1 Å². The Morgan fingerprint density at radius 3 is 2.58 bits per heavy atom. The molecule has 0 aromatic heterocycles. The summed E-state index contributed by atoms with van der Waals surface area (Å²) in [6.45, 7) is 5.94. The molecule has 8 heteroatoms. The first-order valence-electron chi connectivity index (χ1n) is 13.3. The van der Waals surface area contributed by atoms with Gasteiger partial charge in [-0.3, -0.25) is 14.5 Å². The summed E-state index contributed by atoms with van der Waals surface area (Å²) in [4.78, 5) is 29.9. The number of benzene rings is 1. The molecule has 0 bridgehead atoms. The number of thiocarbonyl (C=S) groups is 1. The highest BCUT2D eigenvalue weighted by atomic mass is 32.2. The number of morpholine rings is 1. The molecular formula is C28H38N2O4S2. The topological polar surface area (TPSA) is 59.1 Å². The van der Waals surface area contributed by atoms with Gasteiger partial charge in [-0.2, -0.15) is 0 Å². The minimum absolute atomic E-state index is 0.0372. The number of rotatable bonds is 9. The third-order valence-corrected chi connectivity index (χ3v) is 8.35. The number of hydrogen-bond donors (Lipinski definition) is 0. The van der Waals surface area contributed by atoms with Gasteiger partial charge in [-0.05, 0) is 64.5 Å². The van der Waals surface area contributed by atoms with Crippen LogP contribution in [0.5, 0.6) is 5.75 Å². The van der Waals surface area contributed by atoms with E-state index in [2.05, 4.69) is 0 Å². The van der Waals surface area contributed by atoms with E-state index in [9.17, 15) is 9.59 Å². The average molecular weight is 531 g/mol. The molecule has 1 aromatic carbocycles. The predicted octanol–water partition coefficient (Wildman–Crippen LogP) is 5.80. The summed E-state index contributed by atoms with van der Waals surface area (Å²) in [6.07, 6.45) is 11.3. The highest BCUT2D eigenvalue weighted by Gasteiger charge is 2.32. The van der Waals surface area contributed by atoms with Gasteiger partial charge in [0.2, 0.25) is 5.91 Å². The number of para-hydroxylation sites is 1. The van der Waals surface area contributed by atoms with Crippen molar-refractivity contribution in [2.75, 3.05) is 19.6 Å². The molecule has 2 amide bonds. The van der Waals surface area contributed by atoms with Crippen LogP contribution in [0, 0.1) is 0 Å². The van der Waals surface area contributed by atoms with Crippen molar-refractivity contribution in [1.82, 2.24) is 9.80 Å².